The number of aliphatic hydroxyl groups excluding tert-OH is 1. The molecule has 0 amide bonds. The first-order valence-corrected chi connectivity index (χ1v) is 7.84. The normalized spacial score (nSPS) is 10.5. The van der Waals surface area contributed by atoms with E-state index >= 15 is 0 Å². The van der Waals surface area contributed by atoms with E-state index in [1.54, 1.807) is 23.2 Å². The summed E-state index contributed by atoms with van der Waals surface area (Å²) in [6.45, 7) is 2.24. The third-order valence-corrected chi connectivity index (χ3v) is 3.91. The van der Waals surface area contributed by atoms with Gasteiger partial charge in [-0.1, -0.05) is 11.9 Å². The maximum absolute atomic E-state index is 12.2. The van der Waals surface area contributed by atoms with Crippen LogP contribution in [0.25, 0.3) is 11.2 Å². The monoisotopic (exact) mass is 359 g/mol. The van der Waals surface area contributed by atoms with Crippen molar-refractivity contribution in [2.24, 2.45) is 14.1 Å². The van der Waals surface area contributed by atoms with Crippen molar-refractivity contribution < 1.29 is 19.6 Å². The summed E-state index contributed by atoms with van der Waals surface area (Å²) in [7, 11) is 3.29. The number of aryl methyl sites for hydroxylation is 2. The van der Waals surface area contributed by atoms with Crippen LogP contribution < -0.4 is 21.0 Å². The van der Waals surface area contributed by atoms with E-state index in [4.69, 9.17) is 22.4 Å². The van der Waals surface area contributed by atoms with E-state index < -0.39 is 5.97 Å². The molecule has 134 valence electrons. The van der Waals surface area contributed by atoms with Crippen molar-refractivity contribution in [2.45, 2.75) is 32.7 Å². The second-order valence-electron chi connectivity index (χ2n) is 5.14. The number of imidazole rings is 1. The Kier molecular flexibility index (Phi) is 7.18. The number of carboxylic acids is 1. The molecule has 0 aliphatic rings. The Morgan fingerprint density at radius 3 is 2.46 bits per heavy atom. The van der Waals surface area contributed by atoms with Crippen LogP contribution in [0.15, 0.2) is 4.79 Å². The van der Waals surface area contributed by atoms with Crippen LogP contribution in [0.2, 0.25) is 5.28 Å². The summed E-state index contributed by atoms with van der Waals surface area (Å²) in [6, 6.07) is 0. The molecule has 0 saturated carbocycles. The van der Waals surface area contributed by atoms with Crippen molar-refractivity contribution in [2.75, 3.05) is 12.3 Å². The smallest absolute Gasteiger partial charge is 0.312 e. The standard InChI is InChI=1S/C11H16ClN5O2.C3H6O2/c1-15-7-8(14-11(13)16(2)9(7)19)17(10(15)12)5-3-4-6-18;1-2-3(4)5/h18H,3-6H2,1-2H3,(H-,13,14,19);2H2,1H3,(H,4,5). The van der Waals surface area contributed by atoms with Gasteiger partial charge in [0.2, 0.25) is 5.52 Å². The molecule has 0 fully saturated rings. The van der Waals surface area contributed by atoms with Gasteiger partial charge in [0.05, 0.1) is 13.6 Å². The highest BCUT2D eigenvalue weighted by Gasteiger charge is 2.26. The fraction of sp³-hybridized carbons (Fsp3) is 0.571. The molecule has 2 heterocycles. The maximum Gasteiger partial charge on any atom is 0.312 e. The number of fused-ring (bicyclic) bond motifs is 1. The minimum Gasteiger partial charge on any atom is -0.550 e. The van der Waals surface area contributed by atoms with E-state index in [2.05, 4.69) is 4.98 Å². The minimum atomic E-state index is -0.995. The number of carbonyl (C=O) groups excluding carboxylic acids is 1. The Bertz CT molecular complexity index is 784. The highest BCUT2D eigenvalue weighted by molar-refractivity contribution is 6.28. The molecule has 0 bridgehead atoms. The molecule has 9 nitrogen and oxygen atoms in total. The number of nitrogens with zero attached hydrogens (tertiary/aromatic N) is 4. The van der Waals surface area contributed by atoms with Crippen LogP contribution in [-0.2, 0) is 25.4 Å². The van der Waals surface area contributed by atoms with E-state index in [1.807, 2.05) is 0 Å². The zero-order valence-electron chi connectivity index (χ0n) is 14.0. The first-order valence-electron chi connectivity index (χ1n) is 7.47. The number of nitrogens with two attached hydrogens (primary N) is 1. The molecule has 3 N–H and O–H groups in total. The van der Waals surface area contributed by atoms with Crippen molar-refractivity contribution in [3.63, 3.8) is 0 Å². The highest BCUT2D eigenvalue weighted by Crippen LogP contribution is 2.13. The van der Waals surface area contributed by atoms with Crippen LogP contribution in [0.4, 0.5) is 5.95 Å². The average molecular weight is 360 g/mol. The van der Waals surface area contributed by atoms with Crippen LogP contribution in [-0.4, -0.2) is 31.8 Å². The summed E-state index contributed by atoms with van der Waals surface area (Å²) in [5.41, 5.74) is 6.39. The molecule has 0 aliphatic heterocycles. The van der Waals surface area contributed by atoms with Crippen LogP contribution in [0, 0.1) is 0 Å². The van der Waals surface area contributed by atoms with Crippen LogP contribution >= 0.6 is 11.6 Å². The third kappa shape index (κ3) is 4.24. The van der Waals surface area contributed by atoms with Gasteiger partial charge in [0, 0.05) is 19.6 Å². The average Bonchev–Trinajstić information content (AvgIpc) is 2.78. The Hall–Kier alpha value is -2.13. The fourth-order valence-corrected chi connectivity index (χ4v) is 2.27. The molecule has 10 heteroatoms. The number of halogens is 1. The van der Waals surface area contributed by atoms with Gasteiger partial charge < -0.3 is 20.7 Å². The Balaban J connectivity index is 0.000000505. The van der Waals surface area contributed by atoms with E-state index in [9.17, 15) is 14.7 Å². The fourth-order valence-electron chi connectivity index (χ4n) is 2.02. The molecule has 0 aliphatic carbocycles. The van der Waals surface area contributed by atoms with Gasteiger partial charge in [-0.3, -0.25) is 9.36 Å². The molecule has 2 rings (SSSR count). The molecular weight excluding hydrogens is 338 g/mol. The van der Waals surface area contributed by atoms with Crippen molar-refractivity contribution in [3.05, 3.63) is 15.6 Å². The lowest BCUT2D eigenvalue weighted by Gasteiger charge is -1.99. The number of aromatic nitrogens is 4. The summed E-state index contributed by atoms with van der Waals surface area (Å²) in [5, 5.41) is 18.5. The minimum absolute atomic E-state index is 0.111. The number of anilines is 1. The Morgan fingerprint density at radius 2 is 1.96 bits per heavy atom. The molecule has 0 saturated heterocycles. The van der Waals surface area contributed by atoms with E-state index in [0.717, 1.165) is 6.42 Å². The van der Waals surface area contributed by atoms with E-state index in [0.29, 0.717) is 29.4 Å². The topological polar surface area (TPSA) is 130 Å². The predicted molar refractivity (Wildman–Crippen MR) is 87.2 cm³/mol. The molecule has 24 heavy (non-hydrogen) atoms. The Labute approximate surface area is 143 Å². The number of unbranched alkanes of at least 4 members (excludes halogenated alkanes) is 1. The second-order valence-corrected chi connectivity index (χ2v) is 5.48. The number of carboxylic acid groups (broad SMARTS) is 1. The van der Waals surface area contributed by atoms with Crippen molar-refractivity contribution in [1.29, 1.82) is 0 Å². The second kappa shape index (κ2) is 8.65. The lowest BCUT2D eigenvalue weighted by molar-refractivity contribution is -0.672. The van der Waals surface area contributed by atoms with E-state index in [1.165, 1.54) is 11.5 Å². The summed E-state index contributed by atoms with van der Waals surface area (Å²) >= 11 is 6.23. The number of nitrogen functional groups attached to an aromatic ring is 1. The van der Waals surface area contributed by atoms with Gasteiger partial charge >= 0.3 is 16.5 Å². The third-order valence-electron chi connectivity index (χ3n) is 3.45. The lowest BCUT2D eigenvalue weighted by atomic mass is 10.3. The number of hydrogen-bond acceptors (Lipinski definition) is 6. The largest absolute Gasteiger partial charge is 0.550 e. The highest BCUT2D eigenvalue weighted by atomic mass is 35.5. The van der Waals surface area contributed by atoms with Crippen LogP contribution in [0.1, 0.15) is 26.2 Å². The first kappa shape index (κ1) is 19.9. The molecular formula is C14H22ClN5O4. The molecule has 0 spiro atoms. The Morgan fingerprint density at radius 1 is 1.38 bits per heavy atom. The quantitative estimate of drug-likeness (QED) is 0.388. The molecule has 0 aromatic carbocycles. The number of hydrogen-bond donors (Lipinski definition) is 2. The summed E-state index contributed by atoms with van der Waals surface area (Å²) in [6.07, 6.45) is 1.52. The number of carbonyl (C=O) groups is 1. The summed E-state index contributed by atoms with van der Waals surface area (Å²) in [5.74, 6) is -0.847. The molecule has 2 aromatic rings. The molecule has 2 aromatic heterocycles. The van der Waals surface area contributed by atoms with Gasteiger partial charge in [-0.05, 0) is 30.9 Å². The molecule has 0 radical (unpaired) electrons. The summed E-state index contributed by atoms with van der Waals surface area (Å²) < 4.78 is 4.63. The van der Waals surface area contributed by atoms with Gasteiger partial charge in [-0.25, -0.2) is 9.13 Å². The van der Waals surface area contributed by atoms with Gasteiger partial charge in [-0.2, -0.15) is 0 Å². The predicted octanol–water partition coefficient (Wildman–Crippen LogP) is -1.29. The van der Waals surface area contributed by atoms with Gasteiger partial charge in [0.25, 0.3) is 5.95 Å². The van der Waals surface area contributed by atoms with Crippen LogP contribution in [0.3, 0.4) is 0 Å². The lowest BCUT2D eigenvalue weighted by Crippen LogP contribution is -2.36. The number of aliphatic carboxylic acids is 1. The van der Waals surface area contributed by atoms with Crippen molar-refractivity contribution in [3.8, 4) is 0 Å². The summed E-state index contributed by atoms with van der Waals surface area (Å²) in [4.78, 5) is 25.7. The zero-order chi connectivity index (χ0) is 18.4. The van der Waals surface area contributed by atoms with Gasteiger partial charge in [0.1, 0.15) is 0 Å². The molecule has 0 unspecified atom stereocenters. The number of aliphatic hydroxyl groups is 1. The number of rotatable bonds is 5. The van der Waals surface area contributed by atoms with Gasteiger partial charge in [-0.15, -0.1) is 0 Å². The van der Waals surface area contributed by atoms with Crippen LogP contribution in [0.5, 0.6) is 0 Å². The van der Waals surface area contributed by atoms with E-state index in [-0.39, 0.29) is 24.5 Å². The SMILES string of the molecule is CCC(=O)[O-].Cn1c(N)nc2c(c1=O)n(C)c(Cl)[n+]2CCCCO. The van der Waals surface area contributed by atoms with Crippen molar-refractivity contribution in [1.82, 2.24) is 14.1 Å². The molecule has 0 atom stereocenters. The van der Waals surface area contributed by atoms with Gasteiger partial charge in [0.15, 0.2) is 0 Å². The first-order chi connectivity index (χ1) is 11.3. The zero-order valence-corrected chi connectivity index (χ0v) is 14.7. The van der Waals surface area contributed by atoms with Crippen molar-refractivity contribution >= 4 is 34.7 Å². The maximum atomic E-state index is 12.2.